The van der Waals surface area contributed by atoms with Crippen LogP contribution in [-0.2, 0) is 0 Å². The third kappa shape index (κ3) is 5.43. The lowest BCUT2D eigenvalue weighted by Gasteiger charge is -2.33. The molecule has 0 saturated carbocycles. The van der Waals surface area contributed by atoms with Gasteiger partial charge in [-0.3, -0.25) is 9.59 Å². The molecule has 25 heavy (non-hydrogen) atoms. The van der Waals surface area contributed by atoms with Crippen LogP contribution in [0, 0.1) is 5.41 Å². The molecule has 1 heterocycles. The first-order valence-corrected chi connectivity index (χ1v) is 8.52. The Morgan fingerprint density at radius 3 is 2.28 bits per heavy atom. The van der Waals surface area contributed by atoms with Crippen LogP contribution in [0.25, 0.3) is 11.4 Å². The number of halogens is 1. The molecule has 0 aliphatic rings. The van der Waals surface area contributed by atoms with Gasteiger partial charge in [-0.05, 0) is 49.9 Å². The minimum absolute atomic E-state index is 0.000280. The number of benzene rings is 1. The zero-order valence-electron chi connectivity index (χ0n) is 15.2. The fourth-order valence-electron chi connectivity index (χ4n) is 3.06. The van der Waals surface area contributed by atoms with Crippen molar-refractivity contribution in [2.75, 3.05) is 0 Å². The zero-order chi connectivity index (χ0) is 18.8. The maximum Gasteiger partial charge on any atom is 0.264 e. The van der Waals surface area contributed by atoms with E-state index in [1.165, 1.54) is 6.20 Å². The number of nitrogens with zero attached hydrogens (tertiary/aromatic N) is 1. The zero-order valence-corrected chi connectivity index (χ0v) is 16.0. The van der Waals surface area contributed by atoms with Crippen molar-refractivity contribution in [1.29, 1.82) is 0 Å². The highest BCUT2D eigenvalue weighted by atomic mass is 35.5. The van der Waals surface area contributed by atoms with Gasteiger partial charge >= 0.3 is 0 Å². The standard InChI is InChI=1S/C19H24ClN3O2/c1-18(2,3)11-19(4,5)23-17(25)14-10-21-15(22-16(14)24)12-6-8-13(20)9-7-12/h6-10H,11H2,1-5H3,(H,23,25)(H,21,22,24). The molecule has 0 spiro atoms. The van der Waals surface area contributed by atoms with Gasteiger partial charge in [0.25, 0.3) is 11.5 Å². The molecule has 6 heteroatoms. The van der Waals surface area contributed by atoms with Crippen LogP contribution in [0.3, 0.4) is 0 Å². The van der Waals surface area contributed by atoms with Gasteiger partial charge in [0, 0.05) is 22.3 Å². The van der Waals surface area contributed by atoms with Gasteiger partial charge in [-0.25, -0.2) is 4.98 Å². The molecule has 0 saturated heterocycles. The number of H-pyrrole nitrogens is 1. The fourth-order valence-corrected chi connectivity index (χ4v) is 3.18. The van der Waals surface area contributed by atoms with Gasteiger partial charge in [-0.2, -0.15) is 0 Å². The van der Waals surface area contributed by atoms with Crippen molar-refractivity contribution < 1.29 is 4.79 Å². The van der Waals surface area contributed by atoms with Gasteiger partial charge in [0.05, 0.1) is 0 Å². The molecule has 1 aromatic heterocycles. The number of hydrogen-bond donors (Lipinski definition) is 2. The molecular formula is C19H24ClN3O2. The van der Waals surface area contributed by atoms with E-state index in [4.69, 9.17) is 11.6 Å². The van der Waals surface area contributed by atoms with Crippen molar-refractivity contribution in [3.05, 3.63) is 51.4 Å². The third-order valence-corrected chi connectivity index (χ3v) is 3.84. The van der Waals surface area contributed by atoms with Gasteiger partial charge < -0.3 is 10.3 Å². The predicted molar refractivity (Wildman–Crippen MR) is 101 cm³/mol. The number of hydrogen-bond acceptors (Lipinski definition) is 3. The summed E-state index contributed by atoms with van der Waals surface area (Å²) in [5.41, 5.74) is -0.124. The van der Waals surface area contributed by atoms with E-state index in [2.05, 4.69) is 36.1 Å². The highest BCUT2D eigenvalue weighted by Gasteiger charge is 2.28. The Bertz CT molecular complexity index is 818. The Morgan fingerprint density at radius 1 is 1.16 bits per heavy atom. The van der Waals surface area contributed by atoms with Gasteiger partial charge in [-0.15, -0.1) is 0 Å². The summed E-state index contributed by atoms with van der Waals surface area (Å²) in [6.07, 6.45) is 2.09. The average Bonchev–Trinajstić information content (AvgIpc) is 2.44. The Morgan fingerprint density at radius 2 is 1.76 bits per heavy atom. The first kappa shape index (κ1) is 19.2. The Kier molecular flexibility index (Phi) is 5.37. The maximum absolute atomic E-state index is 12.5. The van der Waals surface area contributed by atoms with E-state index in [1.54, 1.807) is 24.3 Å². The molecular weight excluding hydrogens is 338 g/mol. The van der Waals surface area contributed by atoms with Crippen molar-refractivity contribution in [3.8, 4) is 11.4 Å². The highest BCUT2D eigenvalue weighted by Crippen LogP contribution is 2.27. The van der Waals surface area contributed by atoms with Crippen molar-refractivity contribution in [1.82, 2.24) is 15.3 Å². The largest absolute Gasteiger partial charge is 0.347 e. The van der Waals surface area contributed by atoms with E-state index >= 15 is 0 Å². The molecule has 0 unspecified atom stereocenters. The summed E-state index contributed by atoms with van der Waals surface area (Å²) < 4.78 is 0. The number of nitrogens with one attached hydrogen (secondary N) is 2. The van der Waals surface area contributed by atoms with Crippen LogP contribution in [-0.4, -0.2) is 21.4 Å². The summed E-state index contributed by atoms with van der Waals surface area (Å²) in [4.78, 5) is 31.6. The number of carbonyl (C=O) groups excluding carboxylic acids is 1. The molecule has 0 aliphatic heterocycles. The minimum Gasteiger partial charge on any atom is -0.347 e. The Hall–Kier alpha value is -2.14. The van der Waals surface area contributed by atoms with Crippen molar-refractivity contribution in [2.24, 2.45) is 5.41 Å². The molecule has 1 aromatic carbocycles. The lowest BCUT2D eigenvalue weighted by atomic mass is 9.81. The van der Waals surface area contributed by atoms with E-state index in [0.717, 1.165) is 12.0 Å². The summed E-state index contributed by atoms with van der Waals surface area (Å²) in [7, 11) is 0. The van der Waals surface area contributed by atoms with Crippen LogP contribution in [0.5, 0.6) is 0 Å². The van der Waals surface area contributed by atoms with Crippen LogP contribution in [0.1, 0.15) is 51.4 Å². The second-order valence-corrected chi connectivity index (χ2v) is 8.49. The molecule has 0 atom stereocenters. The normalized spacial score (nSPS) is 12.1. The second kappa shape index (κ2) is 7.00. The lowest BCUT2D eigenvalue weighted by molar-refractivity contribution is 0.0889. The van der Waals surface area contributed by atoms with E-state index < -0.39 is 17.0 Å². The van der Waals surface area contributed by atoms with Crippen LogP contribution in [0.2, 0.25) is 5.02 Å². The van der Waals surface area contributed by atoms with E-state index in [-0.39, 0.29) is 11.0 Å². The molecule has 2 aromatic rings. The Balaban J connectivity index is 2.21. The number of carbonyl (C=O) groups is 1. The van der Waals surface area contributed by atoms with Crippen LogP contribution < -0.4 is 10.9 Å². The van der Waals surface area contributed by atoms with Crippen molar-refractivity contribution in [3.63, 3.8) is 0 Å². The van der Waals surface area contributed by atoms with Crippen molar-refractivity contribution in [2.45, 2.75) is 46.6 Å². The second-order valence-electron chi connectivity index (χ2n) is 8.06. The molecule has 0 bridgehead atoms. The third-order valence-electron chi connectivity index (χ3n) is 3.59. The summed E-state index contributed by atoms with van der Waals surface area (Å²) in [6, 6.07) is 6.94. The molecule has 0 aliphatic carbocycles. The average molecular weight is 362 g/mol. The molecule has 5 nitrogen and oxygen atoms in total. The SMILES string of the molecule is CC(C)(C)CC(C)(C)NC(=O)c1cnc(-c2ccc(Cl)cc2)[nH]c1=O. The van der Waals surface area contributed by atoms with Gasteiger partial charge in [0.2, 0.25) is 0 Å². The number of amides is 1. The lowest BCUT2D eigenvalue weighted by Crippen LogP contribution is -2.47. The predicted octanol–water partition coefficient (Wildman–Crippen LogP) is 4.03. The van der Waals surface area contributed by atoms with E-state index in [9.17, 15) is 9.59 Å². The summed E-state index contributed by atoms with van der Waals surface area (Å²) in [5, 5.41) is 3.52. The first-order valence-electron chi connectivity index (χ1n) is 8.15. The first-order chi connectivity index (χ1) is 11.5. The Labute approximate surface area is 152 Å². The molecule has 0 fully saturated rings. The number of rotatable bonds is 4. The molecule has 2 rings (SSSR count). The summed E-state index contributed by atoms with van der Waals surface area (Å²) in [5.74, 6) is -0.0298. The summed E-state index contributed by atoms with van der Waals surface area (Å²) >= 11 is 5.86. The molecule has 1 amide bonds. The summed E-state index contributed by atoms with van der Waals surface area (Å²) in [6.45, 7) is 10.2. The monoisotopic (exact) mass is 361 g/mol. The van der Waals surface area contributed by atoms with Crippen molar-refractivity contribution >= 4 is 17.5 Å². The topological polar surface area (TPSA) is 74.8 Å². The number of aromatic amines is 1. The van der Waals surface area contributed by atoms with Crippen LogP contribution in [0.15, 0.2) is 35.3 Å². The molecule has 0 radical (unpaired) electrons. The number of aromatic nitrogens is 2. The molecule has 2 N–H and O–H groups in total. The van der Waals surface area contributed by atoms with Gasteiger partial charge in [0.15, 0.2) is 0 Å². The van der Waals surface area contributed by atoms with E-state index in [0.29, 0.717) is 10.8 Å². The van der Waals surface area contributed by atoms with Gasteiger partial charge in [0.1, 0.15) is 11.4 Å². The molecule has 134 valence electrons. The van der Waals surface area contributed by atoms with Gasteiger partial charge in [-0.1, -0.05) is 32.4 Å². The smallest absolute Gasteiger partial charge is 0.264 e. The van der Waals surface area contributed by atoms with Crippen LogP contribution in [0.4, 0.5) is 0 Å². The maximum atomic E-state index is 12.5. The van der Waals surface area contributed by atoms with Crippen LogP contribution >= 0.6 is 11.6 Å². The highest BCUT2D eigenvalue weighted by molar-refractivity contribution is 6.30. The fraction of sp³-hybridized carbons (Fsp3) is 0.421. The van der Waals surface area contributed by atoms with E-state index in [1.807, 2.05) is 13.8 Å². The quantitative estimate of drug-likeness (QED) is 0.863. The minimum atomic E-state index is -0.469.